The minimum atomic E-state index is -1.34. The summed E-state index contributed by atoms with van der Waals surface area (Å²) in [6.45, 7) is 20.9. The Morgan fingerprint density at radius 1 is 0.631 bits per heavy atom. The first-order valence-corrected chi connectivity index (χ1v) is 26.3. The predicted molar refractivity (Wildman–Crippen MR) is 274 cm³/mol. The van der Waals surface area contributed by atoms with Gasteiger partial charge in [-0.2, -0.15) is 0 Å². The topological polar surface area (TPSA) is 43.9 Å². The maximum Gasteiger partial charge on any atom is 0.120 e. The number of hydrogen-bond acceptors (Lipinski definition) is 3. The summed E-state index contributed by atoms with van der Waals surface area (Å²) in [4.78, 5) is 10.1. The maximum atomic E-state index is 6.17. The number of pyridine rings is 1. The third-order valence-electron chi connectivity index (χ3n) is 12.2. The first kappa shape index (κ1) is 45.6. The second kappa shape index (κ2) is 18.9. The maximum absolute atomic E-state index is 6.17. The van der Waals surface area contributed by atoms with Crippen LogP contribution < -0.4 is 5.19 Å². The molecule has 3 heterocycles. The molecule has 0 aliphatic carbocycles. The van der Waals surface area contributed by atoms with Gasteiger partial charge >= 0.3 is 0 Å². The Hall–Kier alpha value is -5.91. The Kier molecular flexibility index (Phi) is 13.3. The van der Waals surface area contributed by atoms with E-state index in [-0.39, 0.29) is 31.9 Å². The molecule has 0 aliphatic heterocycles. The largest absolute Gasteiger partial charge is 0.500 e. The molecule has 0 saturated heterocycles. The van der Waals surface area contributed by atoms with Crippen molar-refractivity contribution in [2.45, 2.75) is 79.4 Å². The van der Waals surface area contributed by atoms with Crippen LogP contribution in [-0.4, -0.2) is 22.6 Å². The SMILES string of the molecule is CC(C)Cc1cc(-c2[c-]cccc2)ncc1[Si](C)(C)C.CC(C)c1cc(-c2ccccc2)cc(C(C)C)c1-n1c(-c2[c-]cc3oc4ccccc4c3c2)nc2ccc3ccccc3c21.[Ir]. The van der Waals surface area contributed by atoms with Gasteiger partial charge in [-0.25, -0.2) is 0 Å². The molecule has 0 spiro atoms. The summed E-state index contributed by atoms with van der Waals surface area (Å²) >= 11 is 0. The molecule has 4 nitrogen and oxygen atoms in total. The van der Waals surface area contributed by atoms with Crippen LogP contribution in [0.4, 0.5) is 0 Å². The standard InChI is InChI=1S/C41H33N2O.C18H24NSi.Ir/c1-25(2)33-23-30(27-12-6-5-7-13-27)24-34(26(3)4)39(33)43-40-31-15-9-8-14-28(31)18-20-36(40)42-41(43)29-19-21-38-35(22-29)32-16-10-11-17-37(32)44-38;1-14(2)11-16-12-17(15-9-7-6-8-10-15)19-13-18(16)20(3,4)5;/h5-18,20-26H,1-4H3;6-9,12-14H,11H2,1-5H3;/q2*-1;. The zero-order valence-corrected chi connectivity index (χ0v) is 42.4. The van der Waals surface area contributed by atoms with Gasteiger partial charge in [0.2, 0.25) is 0 Å². The molecule has 1 radical (unpaired) electrons. The minimum absolute atomic E-state index is 0. The second-order valence-corrected chi connectivity index (χ2v) is 24.2. The number of furan rings is 1. The monoisotopic (exact) mass is 1040 g/mol. The van der Waals surface area contributed by atoms with Gasteiger partial charge in [0.1, 0.15) is 5.58 Å². The number of fused-ring (bicyclic) bond motifs is 6. The van der Waals surface area contributed by atoms with Crippen LogP contribution >= 0.6 is 0 Å². The fourth-order valence-corrected chi connectivity index (χ4v) is 10.7. The van der Waals surface area contributed by atoms with E-state index < -0.39 is 8.07 Å². The Morgan fingerprint density at radius 3 is 1.98 bits per heavy atom. The zero-order chi connectivity index (χ0) is 44.7. The number of nitrogens with zero attached hydrogens (tertiary/aromatic N) is 3. The van der Waals surface area contributed by atoms with E-state index in [9.17, 15) is 0 Å². The van der Waals surface area contributed by atoms with Gasteiger partial charge in [-0.05, 0) is 87.0 Å². The van der Waals surface area contributed by atoms with Crippen molar-refractivity contribution < 1.29 is 24.5 Å². The van der Waals surface area contributed by atoms with Crippen molar-refractivity contribution in [3.8, 4) is 39.5 Å². The molecule has 0 atom stereocenters. The van der Waals surface area contributed by atoms with Gasteiger partial charge < -0.3 is 14.0 Å². The van der Waals surface area contributed by atoms with Crippen molar-refractivity contribution in [3.05, 3.63) is 181 Å². The van der Waals surface area contributed by atoms with Crippen LogP contribution in [0.5, 0.6) is 0 Å². The van der Waals surface area contributed by atoms with Crippen LogP contribution in [0.25, 0.3) is 83.2 Å². The molecule has 0 aliphatic rings. The molecule has 329 valence electrons. The molecule has 0 bridgehead atoms. The molecule has 65 heavy (non-hydrogen) atoms. The second-order valence-electron chi connectivity index (χ2n) is 19.2. The Balaban J connectivity index is 0.000000232. The van der Waals surface area contributed by atoms with Crippen LogP contribution in [0.15, 0.2) is 156 Å². The molecular weight excluding hydrogens is 987 g/mol. The Bertz CT molecular complexity index is 3240. The van der Waals surface area contributed by atoms with Gasteiger partial charge in [0.05, 0.1) is 30.5 Å². The number of hydrogen-bond donors (Lipinski definition) is 0. The van der Waals surface area contributed by atoms with Gasteiger partial charge in [-0.15, -0.1) is 59.7 Å². The van der Waals surface area contributed by atoms with Crippen molar-refractivity contribution in [2.24, 2.45) is 5.92 Å². The van der Waals surface area contributed by atoms with E-state index in [0.717, 1.165) is 62.0 Å². The average molecular weight is 1040 g/mol. The van der Waals surface area contributed by atoms with Crippen molar-refractivity contribution in [3.63, 3.8) is 0 Å². The summed E-state index contributed by atoms with van der Waals surface area (Å²) < 4.78 is 8.60. The average Bonchev–Trinajstić information content (AvgIpc) is 3.87. The zero-order valence-electron chi connectivity index (χ0n) is 39.0. The van der Waals surface area contributed by atoms with Gasteiger partial charge in [-0.3, -0.25) is 4.98 Å². The van der Waals surface area contributed by atoms with E-state index in [1.807, 2.05) is 36.4 Å². The quantitative estimate of drug-likeness (QED) is 0.107. The van der Waals surface area contributed by atoms with Crippen molar-refractivity contribution in [1.82, 2.24) is 14.5 Å². The molecule has 3 aromatic heterocycles. The van der Waals surface area contributed by atoms with E-state index in [2.05, 4.69) is 198 Å². The summed E-state index contributed by atoms with van der Waals surface area (Å²) in [5.74, 6) is 2.13. The summed E-state index contributed by atoms with van der Waals surface area (Å²) in [7, 11) is -1.34. The number of imidazole rings is 1. The number of aromatic nitrogens is 3. The van der Waals surface area contributed by atoms with Gasteiger partial charge in [0.25, 0.3) is 0 Å². The van der Waals surface area contributed by atoms with Crippen LogP contribution in [0, 0.1) is 18.1 Å². The van der Waals surface area contributed by atoms with Gasteiger partial charge in [-0.1, -0.05) is 157 Å². The molecule has 0 fully saturated rings. The summed E-state index contributed by atoms with van der Waals surface area (Å²) in [6.07, 6.45) is 3.24. The fourth-order valence-electron chi connectivity index (χ4n) is 9.13. The van der Waals surface area contributed by atoms with Crippen LogP contribution in [0.1, 0.15) is 70.1 Å². The molecule has 7 aromatic carbocycles. The first-order chi connectivity index (χ1) is 30.9. The van der Waals surface area contributed by atoms with E-state index in [1.165, 1.54) is 49.5 Å². The number of rotatable bonds is 9. The molecule has 0 saturated carbocycles. The third-order valence-corrected chi connectivity index (χ3v) is 14.3. The molecule has 10 aromatic rings. The molecule has 10 rings (SSSR count). The van der Waals surface area contributed by atoms with Crippen molar-refractivity contribution in [2.75, 3.05) is 0 Å². The van der Waals surface area contributed by atoms with Gasteiger partial charge in [0, 0.05) is 42.8 Å². The van der Waals surface area contributed by atoms with Crippen molar-refractivity contribution >= 4 is 57.0 Å². The molecular formula is C59H57IrN3OSi-2. The van der Waals surface area contributed by atoms with Crippen LogP contribution in [0.3, 0.4) is 0 Å². The fraction of sp³-hybridized carbons (Fsp3) is 0.220. The van der Waals surface area contributed by atoms with Gasteiger partial charge in [0.15, 0.2) is 0 Å². The summed E-state index contributed by atoms with van der Waals surface area (Å²) in [6, 6.07) is 58.0. The Morgan fingerprint density at radius 2 is 1.31 bits per heavy atom. The smallest absolute Gasteiger partial charge is 0.120 e. The van der Waals surface area contributed by atoms with Crippen molar-refractivity contribution in [1.29, 1.82) is 0 Å². The van der Waals surface area contributed by atoms with E-state index >= 15 is 0 Å². The number of benzene rings is 7. The molecule has 0 N–H and O–H groups in total. The molecule has 6 heteroatoms. The molecule has 0 unspecified atom stereocenters. The van der Waals surface area contributed by atoms with E-state index in [1.54, 1.807) is 0 Å². The summed E-state index contributed by atoms with van der Waals surface area (Å²) in [5, 5.41) is 6.06. The number of para-hydroxylation sites is 1. The molecule has 0 amide bonds. The Labute approximate surface area is 399 Å². The van der Waals surface area contributed by atoms with E-state index in [4.69, 9.17) is 9.40 Å². The first-order valence-electron chi connectivity index (χ1n) is 22.8. The van der Waals surface area contributed by atoms with Crippen LogP contribution in [-0.2, 0) is 26.5 Å². The van der Waals surface area contributed by atoms with Crippen LogP contribution in [0.2, 0.25) is 19.6 Å². The summed E-state index contributed by atoms with van der Waals surface area (Å²) in [5.41, 5.74) is 14.7. The normalized spacial score (nSPS) is 11.8. The van der Waals surface area contributed by atoms with E-state index in [0.29, 0.717) is 5.92 Å². The minimum Gasteiger partial charge on any atom is -0.500 e. The third kappa shape index (κ3) is 9.18. The predicted octanol–water partition coefficient (Wildman–Crippen LogP) is 15.7.